The van der Waals surface area contributed by atoms with Gasteiger partial charge in [-0.2, -0.15) is 5.10 Å². The van der Waals surface area contributed by atoms with Gasteiger partial charge in [-0.15, -0.1) is 0 Å². The van der Waals surface area contributed by atoms with Crippen LogP contribution in [0.15, 0.2) is 5.10 Å². The van der Waals surface area contributed by atoms with Gasteiger partial charge >= 0.3 is 18.0 Å². The molecular weight excluding hydrogens is 296 g/mol. The van der Waals surface area contributed by atoms with E-state index in [2.05, 4.69) is 20.0 Å². The Morgan fingerprint density at radius 2 is 1.82 bits per heavy atom. The van der Waals surface area contributed by atoms with Gasteiger partial charge in [0.1, 0.15) is 5.60 Å². The number of hydrogen-bond donors (Lipinski definition) is 1. The number of methoxy groups -OCH3 is 2. The molecule has 0 radical (unpaired) electrons. The third kappa shape index (κ3) is 9.70. The van der Waals surface area contributed by atoms with Gasteiger partial charge in [0.2, 0.25) is 0 Å². The molecule has 126 valence electrons. The van der Waals surface area contributed by atoms with Crippen LogP contribution in [0.1, 0.15) is 27.2 Å². The Balaban J connectivity index is 4.21. The molecule has 0 rings (SSSR count). The summed E-state index contributed by atoms with van der Waals surface area (Å²) in [7, 11) is 2.37. The Labute approximate surface area is 128 Å². The zero-order valence-electron chi connectivity index (χ0n) is 13.4. The molecule has 0 bridgehead atoms. The topological polar surface area (TPSA) is 113 Å². The highest BCUT2D eigenvalue weighted by atomic mass is 16.6. The summed E-state index contributed by atoms with van der Waals surface area (Å²) in [4.78, 5) is 33.8. The second-order valence-corrected chi connectivity index (χ2v) is 5.05. The lowest BCUT2D eigenvalue weighted by molar-refractivity contribution is -0.159. The van der Waals surface area contributed by atoms with E-state index in [1.165, 1.54) is 20.4 Å². The molecule has 0 saturated heterocycles. The molecular formula is C13H22N2O7. The van der Waals surface area contributed by atoms with Crippen LogP contribution in [0.2, 0.25) is 0 Å². The molecule has 0 aromatic carbocycles. The van der Waals surface area contributed by atoms with Gasteiger partial charge in [0.25, 0.3) is 0 Å². The first kappa shape index (κ1) is 19.8. The summed E-state index contributed by atoms with van der Waals surface area (Å²) >= 11 is 0. The number of amides is 1. The van der Waals surface area contributed by atoms with Crippen molar-refractivity contribution in [3.63, 3.8) is 0 Å². The maximum Gasteiger partial charge on any atom is 0.428 e. The maximum atomic E-state index is 11.4. The van der Waals surface area contributed by atoms with E-state index in [0.717, 1.165) is 0 Å². The number of carbonyl (C=O) groups excluding carboxylic acids is 3. The number of rotatable bonds is 7. The summed E-state index contributed by atoms with van der Waals surface area (Å²) in [6, 6.07) is 0. The molecule has 22 heavy (non-hydrogen) atoms. The van der Waals surface area contributed by atoms with Crippen molar-refractivity contribution in [2.24, 2.45) is 5.10 Å². The standard InChI is InChI=1S/C13H22N2O7/c1-13(2,3)22-12(18)15-14-6-7-21-9(11(17)20-5)8-10(16)19-4/h6,9H,7-8H2,1-5H3,(H,15,18)/b14-6-/t9-/m1/s1. The van der Waals surface area contributed by atoms with E-state index in [-0.39, 0.29) is 13.0 Å². The third-order valence-electron chi connectivity index (χ3n) is 2.06. The summed E-state index contributed by atoms with van der Waals surface area (Å²) in [6.07, 6.45) is -0.901. The summed E-state index contributed by atoms with van der Waals surface area (Å²) in [5.74, 6) is -1.32. The van der Waals surface area contributed by atoms with E-state index in [4.69, 9.17) is 9.47 Å². The Bertz CT molecular complexity index is 415. The smallest absolute Gasteiger partial charge is 0.428 e. The Kier molecular flexibility index (Phi) is 8.76. The largest absolute Gasteiger partial charge is 0.469 e. The molecule has 0 aliphatic rings. The summed E-state index contributed by atoms with van der Waals surface area (Å²) in [5.41, 5.74) is 1.50. The van der Waals surface area contributed by atoms with Gasteiger partial charge in [0.05, 0.1) is 33.5 Å². The normalized spacial score (nSPS) is 12.6. The molecule has 1 atom stereocenters. The van der Waals surface area contributed by atoms with Crippen molar-refractivity contribution in [1.82, 2.24) is 5.43 Å². The number of hydrazone groups is 1. The summed E-state index contributed by atoms with van der Waals surface area (Å²) < 4.78 is 19.0. The lowest BCUT2D eigenvalue weighted by Crippen LogP contribution is -2.31. The van der Waals surface area contributed by atoms with Crippen LogP contribution in [0, 0.1) is 0 Å². The lowest BCUT2D eigenvalue weighted by atomic mass is 10.2. The van der Waals surface area contributed by atoms with Crippen LogP contribution < -0.4 is 5.43 Å². The zero-order chi connectivity index (χ0) is 17.2. The van der Waals surface area contributed by atoms with E-state index < -0.39 is 29.7 Å². The number of ether oxygens (including phenoxy) is 4. The predicted octanol–water partition coefficient (Wildman–Crippen LogP) is 0.618. The molecule has 1 amide bonds. The molecule has 0 fully saturated rings. The average Bonchev–Trinajstić information content (AvgIpc) is 2.42. The van der Waals surface area contributed by atoms with Gasteiger partial charge < -0.3 is 18.9 Å². The number of esters is 2. The van der Waals surface area contributed by atoms with E-state index in [0.29, 0.717) is 0 Å². The van der Waals surface area contributed by atoms with Crippen LogP contribution in [0.25, 0.3) is 0 Å². The summed E-state index contributed by atoms with van der Waals surface area (Å²) in [6.45, 7) is 5.03. The van der Waals surface area contributed by atoms with Gasteiger partial charge in [-0.05, 0) is 20.8 Å². The molecule has 0 aliphatic heterocycles. The average molecular weight is 318 g/mol. The van der Waals surface area contributed by atoms with Crippen LogP contribution in [-0.4, -0.2) is 56.8 Å². The van der Waals surface area contributed by atoms with Crippen molar-refractivity contribution >= 4 is 24.2 Å². The number of nitrogens with zero attached hydrogens (tertiary/aromatic N) is 1. The van der Waals surface area contributed by atoms with E-state index >= 15 is 0 Å². The fourth-order valence-corrected chi connectivity index (χ4v) is 1.17. The van der Waals surface area contributed by atoms with Crippen LogP contribution in [-0.2, 0) is 28.5 Å². The van der Waals surface area contributed by atoms with Crippen molar-refractivity contribution in [1.29, 1.82) is 0 Å². The van der Waals surface area contributed by atoms with E-state index in [9.17, 15) is 14.4 Å². The molecule has 0 spiro atoms. The van der Waals surface area contributed by atoms with Crippen molar-refractivity contribution in [2.75, 3.05) is 20.8 Å². The highest BCUT2D eigenvalue weighted by Crippen LogP contribution is 2.06. The molecule has 0 aromatic rings. The number of hydrogen-bond acceptors (Lipinski definition) is 8. The quantitative estimate of drug-likeness (QED) is 0.317. The molecule has 0 aromatic heterocycles. The first-order chi connectivity index (χ1) is 10.2. The van der Waals surface area contributed by atoms with Gasteiger partial charge in [0, 0.05) is 0 Å². The Hall–Kier alpha value is -2.16. The molecule has 0 unspecified atom stereocenters. The minimum atomic E-state index is -1.11. The van der Waals surface area contributed by atoms with Crippen LogP contribution in [0.5, 0.6) is 0 Å². The molecule has 9 heteroatoms. The van der Waals surface area contributed by atoms with Crippen LogP contribution in [0.4, 0.5) is 4.79 Å². The first-order valence-corrected chi connectivity index (χ1v) is 6.46. The molecule has 0 heterocycles. The van der Waals surface area contributed by atoms with Crippen LogP contribution >= 0.6 is 0 Å². The highest BCUT2D eigenvalue weighted by Gasteiger charge is 2.23. The number of nitrogens with one attached hydrogen (secondary N) is 1. The molecule has 9 nitrogen and oxygen atoms in total. The van der Waals surface area contributed by atoms with Gasteiger partial charge in [-0.3, -0.25) is 4.79 Å². The minimum Gasteiger partial charge on any atom is -0.469 e. The third-order valence-corrected chi connectivity index (χ3v) is 2.06. The Morgan fingerprint density at radius 3 is 2.32 bits per heavy atom. The van der Waals surface area contributed by atoms with Crippen molar-refractivity contribution in [3.05, 3.63) is 0 Å². The monoisotopic (exact) mass is 318 g/mol. The fourth-order valence-electron chi connectivity index (χ4n) is 1.17. The highest BCUT2D eigenvalue weighted by molar-refractivity contribution is 5.82. The fraction of sp³-hybridized carbons (Fsp3) is 0.692. The maximum absolute atomic E-state index is 11.4. The van der Waals surface area contributed by atoms with Crippen molar-refractivity contribution in [3.8, 4) is 0 Å². The lowest BCUT2D eigenvalue weighted by Gasteiger charge is -2.18. The second kappa shape index (κ2) is 9.72. The second-order valence-electron chi connectivity index (χ2n) is 5.05. The predicted molar refractivity (Wildman–Crippen MR) is 76.3 cm³/mol. The first-order valence-electron chi connectivity index (χ1n) is 6.46. The minimum absolute atomic E-state index is 0.118. The van der Waals surface area contributed by atoms with Crippen molar-refractivity contribution < 1.29 is 33.3 Å². The van der Waals surface area contributed by atoms with Gasteiger partial charge in [0.15, 0.2) is 6.10 Å². The Morgan fingerprint density at radius 1 is 1.18 bits per heavy atom. The molecule has 0 saturated carbocycles. The van der Waals surface area contributed by atoms with E-state index in [1.807, 2.05) is 0 Å². The van der Waals surface area contributed by atoms with Gasteiger partial charge in [-0.1, -0.05) is 0 Å². The number of carbonyl (C=O) groups is 3. The van der Waals surface area contributed by atoms with Gasteiger partial charge in [-0.25, -0.2) is 15.0 Å². The SMILES string of the molecule is COC(=O)C[C@@H](OC/C=N\NC(=O)OC(C)(C)C)C(=O)OC. The van der Waals surface area contributed by atoms with E-state index in [1.54, 1.807) is 20.8 Å². The zero-order valence-corrected chi connectivity index (χ0v) is 13.4. The molecule has 0 aliphatic carbocycles. The molecule has 1 N–H and O–H groups in total. The van der Waals surface area contributed by atoms with Crippen molar-refractivity contribution in [2.45, 2.75) is 38.9 Å². The summed E-state index contributed by atoms with van der Waals surface area (Å²) in [5, 5.41) is 3.57. The van der Waals surface area contributed by atoms with Crippen LogP contribution in [0.3, 0.4) is 0 Å².